The lowest BCUT2D eigenvalue weighted by Gasteiger charge is -1.95. The molecule has 0 spiro atoms. The van der Waals surface area contributed by atoms with Crippen LogP contribution in [0.5, 0.6) is 0 Å². The molecule has 0 aliphatic heterocycles. The monoisotopic (exact) mass is 259 g/mol. The van der Waals surface area contributed by atoms with Gasteiger partial charge >= 0.3 is 0 Å². The molecule has 0 saturated carbocycles. The van der Waals surface area contributed by atoms with Gasteiger partial charge in [0.2, 0.25) is 0 Å². The van der Waals surface area contributed by atoms with Crippen molar-refractivity contribution in [3.05, 3.63) is 30.6 Å². The van der Waals surface area contributed by atoms with Gasteiger partial charge in [0, 0.05) is 6.20 Å². The van der Waals surface area contributed by atoms with Crippen LogP contribution in [-0.4, -0.2) is 9.38 Å². The molecular weight excluding hydrogens is 253 g/mol. The van der Waals surface area contributed by atoms with E-state index in [1.54, 1.807) is 0 Å². The van der Waals surface area contributed by atoms with Crippen molar-refractivity contribution >= 4 is 34.3 Å². The fourth-order valence-electron chi connectivity index (χ4n) is 1.00. The van der Waals surface area contributed by atoms with E-state index in [0.29, 0.717) is 0 Å². The highest BCUT2D eigenvalue weighted by Gasteiger charge is 1.97. The van der Waals surface area contributed by atoms with Crippen molar-refractivity contribution in [3.63, 3.8) is 0 Å². The Hall–Kier alpha value is -0.780. The third kappa shape index (κ3) is 1.07. The number of pyridine rings is 1. The van der Waals surface area contributed by atoms with E-state index in [0.717, 1.165) is 11.5 Å². The first-order chi connectivity index (χ1) is 5.42. The molecule has 0 atom stereocenters. The molecule has 2 heterocycles. The predicted octanol–water partition coefficient (Wildman–Crippen LogP) is 2.10. The number of halogens is 1. The Morgan fingerprint density at radius 2 is 2.36 bits per heavy atom. The number of fused-ring (bicyclic) bond motifs is 1. The van der Waals surface area contributed by atoms with E-state index < -0.39 is 0 Å². The molecule has 1 N–H and O–H groups in total. The molecule has 56 valence electrons. The molecule has 0 bridgehead atoms. The van der Waals surface area contributed by atoms with Crippen molar-refractivity contribution < 1.29 is 0 Å². The van der Waals surface area contributed by atoms with E-state index in [2.05, 4.69) is 31.4 Å². The van der Waals surface area contributed by atoms with Crippen molar-refractivity contribution in [1.82, 2.24) is 9.38 Å². The summed E-state index contributed by atoms with van der Waals surface area (Å²) < 4.78 is 5.01. The van der Waals surface area contributed by atoms with Crippen molar-refractivity contribution in [3.8, 4) is 0 Å². The van der Waals surface area contributed by atoms with Gasteiger partial charge in [-0.2, -0.15) is 0 Å². The molecule has 2 aromatic rings. The maximum Gasteiger partial charge on any atom is 0.139 e. The Bertz CT molecular complexity index is 368. The molecule has 11 heavy (non-hydrogen) atoms. The highest BCUT2D eigenvalue weighted by Crippen LogP contribution is 2.11. The standard InChI is InChI=1S/C7H6IN3/c8-10-7-5-9-6-3-1-2-4-11(6)7/h1-5,10H. The molecule has 0 amide bonds. The van der Waals surface area contributed by atoms with E-state index in [4.69, 9.17) is 0 Å². The lowest BCUT2D eigenvalue weighted by Crippen LogP contribution is -1.86. The summed E-state index contributed by atoms with van der Waals surface area (Å²) >= 11 is 2.09. The topological polar surface area (TPSA) is 29.3 Å². The Morgan fingerprint density at radius 1 is 1.45 bits per heavy atom. The first-order valence-corrected chi connectivity index (χ1v) is 4.28. The van der Waals surface area contributed by atoms with Crippen LogP contribution in [0.3, 0.4) is 0 Å². The lowest BCUT2D eigenvalue weighted by molar-refractivity contribution is 1.20. The average molecular weight is 259 g/mol. The molecule has 3 nitrogen and oxygen atoms in total. The summed E-state index contributed by atoms with van der Waals surface area (Å²) in [6.07, 6.45) is 3.78. The number of nitrogens with zero attached hydrogens (tertiary/aromatic N) is 2. The number of hydrogen-bond donors (Lipinski definition) is 1. The molecule has 4 heteroatoms. The van der Waals surface area contributed by atoms with Crippen LogP contribution in [-0.2, 0) is 0 Å². The Balaban J connectivity index is 2.76. The third-order valence-electron chi connectivity index (χ3n) is 1.51. The Kier molecular flexibility index (Phi) is 1.69. The second-order valence-corrected chi connectivity index (χ2v) is 2.71. The molecule has 0 aromatic carbocycles. The highest BCUT2D eigenvalue weighted by atomic mass is 127. The summed E-state index contributed by atoms with van der Waals surface area (Å²) in [4.78, 5) is 4.19. The normalized spacial score (nSPS) is 10.3. The van der Waals surface area contributed by atoms with Gasteiger partial charge < -0.3 is 3.53 Å². The maximum atomic E-state index is 4.19. The molecule has 0 aliphatic rings. The fourth-order valence-corrected chi connectivity index (χ4v) is 1.40. The summed E-state index contributed by atoms with van der Waals surface area (Å²) in [7, 11) is 0. The lowest BCUT2D eigenvalue weighted by atomic mass is 10.5. The van der Waals surface area contributed by atoms with Crippen LogP contribution in [0.1, 0.15) is 0 Å². The molecule has 0 saturated heterocycles. The van der Waals surface area contributed by atoms with E-state index in [-0.39, 0.29) is 0 Å². The Morgan fingerprint density at radius 3 is 3.18 bits per heavy atom. The van der Waals surface area contributed by atoms with Gasteiger partial charge in [-0.25, -0.2) is 4.98 Å². The minimum Gasteiger partial charge on any atom is -0.313 e. The fraction of sp³-hybridized carbons (Fsp3) is 0. The van der Waals surface area contributed by atoms with Gasteiger partial charge in [0.1, 0.15) is 11.5 Å². The van der Waals surface area contributed by atoms with Crippen molar-refractivity contribution in [2.45, 2.75) is 0 Å². The van der Waals surface area contributed by atoms with E-state index in [1.807, 2.05) is 35.0 Å². The van der Waals surface area contributed by atoms with Crippen LogP contribution >= 0.6 is 22.9 Å². The van der Waals surface area contributed by atoms with Crippen LogP contribution in [0.4, 0.5) is 5.82 Å². The number of imidazole rings is 1. The number of hydrogen-bond acceptors (Lipinski definition) is 2. The van der Waals surface area contributed by atoms with Crippen LogP contribution in [0.2, 0.25) is 0 Å². The summed E-state index contributed by atoms with van der Waals surface area (Å²) in [6, 6.07) is 5.92. The first kappa shape index (κ1) is 6.90. The minimum absolute atomic E-state index is 0.965. The maximum absolute atomic E-state index is 4.19. The molecule has 0 radical (unpaired) electrons. The molecule has 2 rings (SSSR count). The zero-order valence-corrected chi connectivity index (χ0v) is 7.82. The Labute approximate surface area is 77.9 Å². The minimum atomic E-state index is 0.965. The van der Waals surface area contributed by atoms with Gasteiger partial charge in [-0.15, -0.1) is 0 Å². The van der Waals surface area contributed by atoms with Gasteiger partial charge in [0.15, 0.2) is 0 Å². The molecule has 0 aliphatic carbocycles. The summed E-state index contributed by atoms with van der Waals surface area (Å²) in [5, 5.41) is 0. The van der Waals surface area contributed by atoms with E-state index >= 15 is 0 Å². The molecule has 2 aromatic heterocycles. The van der Waals surface area contributed by atoms with Crippen LogP contribution in [0.25, 0.3) is 5.65 Å². The second-order valence-electron chi connectivity index (χ2n) is 2.17. The number of anilines is 1. The van der Waals surface area contributed by atoms with Gasteiger partial charge in [-0.3, -0.25) is 4.40 Å². The highest BCUT2D eigenvalue weighted by molar-refractivity contribution is 14.1. The first-order valence-electron chi connectivity index (χ1n) is 3.20. The zero-order valence-electron chi connectivity index (χ0n) is 5.66. The van der Waals surface area contributed by atoms with Gasteiger partial charge in [-0.1, -0.05) is 6.07 Å². The van der Waals surface area contributed by atoms with Crippen LogP contribution in [0.15, 0.2) is 30.6 Å². The molecule has 0 fully saturated rings. The van der Waals surface area contributed by atoms with E-state index in [1.165, 1.54) is 0 Å². The smallest absolute Gasteiger partial charge is 0.139 e. The van der Waals surface area contributed by atoms with Crippen molar-refractivity contribution in [1.29, 1.82) is 0 Å². The number of aromatic nitrogens is 2. The van der Waals surface area contributed by atoms with Crippen molar-refractivity contribution in [2.24, 2.45) is 0 Å². The number of rotatable bonds is 1. The summed E-state index contributed by atoms with van der Waals surface area (Å²) in [5.74, 6) is 1.00. The zero-order chi connectivity index (χ0) is 7.68. The number of nitrogens with one attached hydrogen (secondary N) is 1. The molecule has 0 unspecified atom stereocenters. The molecular formula is C7H6IN3. The van der Waals surface area contributed by atoms with Gasteiger partial charge in [0.05, 0.1) is 29.1 Å². The van der Waals surface area contributed by atoms with Crippen LogP contribution < -0.4 is 3.53 Å². The predicted molar refractivity (Wildman–Crippen MR) is 52.8 cm³/mol. The average Bonchev–Trinajstić information content (AvgIpc) is 2.47. The largest absolute Gasteiger partial charge is 0.313 e. The van der Waals surface area contributed by atoms with Crippen LogP contribution in [0, 0.1) is 0 Å². The van der Waals surface area contributed by atoms with E-state index in [9.17, 15) is 0 Å². The second kappa shape index (κ2) is 2.69. The van der Waals surface area contributed by atoms with Gasteiger partial charge in [-0.05, 0) is 12.1 Å². The van der Waals surface area contributed by atoms with Crippen molar-refractivity contribution in [2.75, 3.05) is 3.53 Å². The quantitative estimate of drug-likeness (QED) is 0.627. The summed E-state index contributed by atoms with van der Waals surface area (Å²) in [5.41, 5.74) is 0.965. The third-order valence-corrected chi connectivity index (χ3v) is 2.07. The SMILES string of the molecule is INc1cnc2ccccn12. The van der Waals surface area contributed by atoms with Gasteiger partial charge in [0.25, 0.3) is 0 Å². The summed E-state index contributed by atoms with van der Waals surface area (Å²) in [6.45, 7) is 0.